The highest BCUT2D eigenvalue weighted by Gasteiger charge is 2.14. The summed E-state index contributed by atoms with van der Waals surface area (Å²) in [5.74, 6) is 0.434. The zero-order valence-electron chi connectivity index (χ0n) is 12.1. The topological polar surface area (TPSA) is 83.0 Å². The van der Waals surface area contributed by atoms with Crippen LogP contribution >= 0.6 is 0 Å². The highest BCUT2D eigenvalue weighted by atomic mass is 16.5. The summed E-state index contributed by atoms with van der Waals surface area (Å²) in [6.07, 6.45) is 7.16. The second kappa shape index (κ2) is 7.52. The Morgan fingerprint density at radius 2 is 2.14 bits per heavy atom. The number of phenolic OH excluding ortho intramolecular Hbond substituents is 1. The van der Waals surface area contributed by atoms with Crippen molar-refractivity contribution in [3.8, 4) is 11.5 Å². The second-order valence-electron chi connectivity index (χ2n) is 5.11. The number of amides is 2. The van der Waals surface area contributed by atoms with Gasteiger partial charge in [0.05, 0.1) is 13.3 Å². The van der Waals surface area contributed by atoms with Gasteiger partial charge in [-0.25, -0.2) is 10.2 Å². The van der Waals surface area contributed by atoms with Crippen LogP contribution < -0.4 is 15.5 Å². The largest absolute Gasteiger partial charge is 0.504 e. The van der Waals surface area contributed by atoms with Gasteiger partial charge in [-0.15, -0.1) is 0 Å². The molecule has 0 spiro atoms. The lowest BCUT2D eigenvalue weighted by molar-refractivity contribution is 0.233. The minimum atomic E-state index is -0.288. The van der Waals surface area contributed by atoms with Crippen molar-refractivity contribution in [3.63, 3.8) is 0 Å². The molecule has 0 radical (unpaired) electrons. The molecule has 21 heavy (non-hydrogen) atoms. The molecular weight excluding hydrogens is 270 g/mol. The summed E-state index contributed by atoms with van der Waals surface area (Å²) in [4.78, 5) is 11.7. The van der Waals surface area contributed by atoms with Gasteiger partial charge in [-0.2, -0.15) is 5.10 Å². The third-order valence-corrected chi connectivity index (χ3v) is 3.52. The maximum Gasteiger partial charge on any atom is 0.335 e. The van der Waals surface area contributed by atoms with Crippen molar-refractivity contribution in [1.82, 2.24) is 10.7 Å². The number of hydrogen-bond acceptors (Lipinski definition) is 4. The third kappa shape index (κ3) is 4.66. The molecule has 1 aliphatic rings. The highest BCUT2D eigenvalue weighted by Crippen LogP contribution is 2.25. The van der Waals surface area contributed by atoms with Crippen molar-refractivity contribution in [2.45, 2.75) is 38.1 Å². The zero-order valence-corrected chi connectivity index (χ0v) is 12.1. The van der Waals surface area contributed by atoms with E-state index < -0.39 is 0 Å². The number of benzene rings is 1. The van der Waals surface area contributed by atoms with Crippen LogP contribution in [0.5, 0.6) is 11.5 Å². The minimum absolute atomic E-state index is 0.0673. The number of aromatic hydroxyl groups is 1. The fourth-order valence-corrected chi connectivity index (χ4v) is 2.40. The predicted octanol–water partition coefficient (Wildman–Crippen LogP) is 2.37. The molecule has 0 saturated heterocycles. The standard InChI is InChI=1S/C15H21N3O3/c1-21-14-9-11(7-8-13(14)19)10-16-18-15(20)17-12-5-3-2-4-6-12/h7-10,12,19H,2-6H2,1H3,(H2,17,18,20). The number of hydrazone groups is 1. The summed E-state index contributed by atoms with van der Waals surface area (Å²) in [5, 5.41) is 16.3. The van der Waals surface area contributed by atoms with Crippen LogP contribution in [0.1, 0.15) is 37.7 Å². The molecule has 3 N–H and O–H groups in total. The first-order valence-electron chi connectivity index (χ1n) is 7.15. The fourth-order valence-electron chi connectivity index (χ4n) is 2.40. The number of methoxy groups -OCH3 is 1. The lowest BCUT2D eigenvalue weighted by atomic mass is 9.96. The van der Waals surface area contributed by atoms with E-state index in [9.17, 15) is 9.90 Å². The number of ether oxygens (including phenoxy) is 1. The molecule has 114 valence electrons. The lowest BCUT2D eigenvalue weighted by Gasteiger charge is -2.22. The Morgan fingerprint density at radius 3 is 2.86 bits per heavy atom. The van der Waals surface area contributed by atoms with Crippen LogP contribution in [-0.4, -0.2) is 30.5 Å². The minimum Gasteiger partial charge on any atom is -0.504 e. The van der Waals surface area contributed by atoms with Crippen LogP contribution in [0.15, 0.2) is 23.3 Å². The van der Waals surface area contributed by atoms with Crippen molar-refractivity contribution < 1.29 is 14.6 Å². The Labute approximate surface area is 124 Å². The first-order valence-corrected chi connectivity index (χ1v) is 7.15. The van der Waals surface area contributed by atoms with Crippen molar-refractivity contribution >= 4 is 12.2 Å². The molecule has 6 nitrogen and oxygen atoms in total. The number of nitrogens with zero attached hydrogens (tertiary/aromatic N) is 1. The molecule has 1 aromatic carbocycles. The van der Waals surface area contributed by atoms with Crippen LogP contribution in [0.2, 0.25) is 0 Å². The van der Waals surface area contributed by atoms with Gasteiger partial charge in [-0.3, -0.25) is 0 Å². The third-order valence-electron chi connectivity index (χ3n) is 3.52. The average molecular weight is 291 g/mol. The van der Waals surface area contributed by atoms with Crippen LogP contribution in [-0.2, 0) is 0 Å². The molecule has 0 bridgehead atoms. The predicted molar refractivity (Wildman–Crippen MR) is 80.8 cm³/mol. The van der Waals surface area contributed by atoms with E-state index in [0.29, 0.717) is 5.75 Å². The molecule has 2 rings (SSSR count). The van der Waals surface area contributed by atoms with E-state index in [-0.39, 0.29) is 17.8 Å². The number of hydrogen-bond donors (Lipinski definition) is 3. The molecule has 0 aromatic heterocycles. The molecule has 0 unspecified atom stereocenters. The summed E-state index contributed by atoms with van der Waals surface area (Å²) in [6, 6.07) is 4.80. The molecule has 1 aliphatic carbocycles. The van der Waals surface area contributed by atoms with Gasteiger partial charge in [-0.05, 0) is 36.6 Å². The van der Waals surface area contributed by atoms with Gasteiger partial charge in [0.15, 0.2) is 11.5 Å². The first-order chi connectivity index (χ1) is 10.2. The molecule has 0 heterocycles. The van der Waals surface area contributed by atoms with Crippen molar-refractivity contribution in [2.24, 2.45) is 5.10 Å². The smallest absolute Gasteiger partial charge is 0.335 e. The lowest BCUT2D eigenvalue weighted by Crippen LogP contribution is -2.41. The summed E-state index contributed by atoms with van der Waals surface area (Å²) in [5.41, 5.74) is 3.17. The zero-order chi connectivity index (χ0) is 15.1. The monoisotopic (exact) mass is 291 g/mol. The first kappa shape index (κ1) is 15.2. The van der Waals surface area contributed by atoms with Crippen molar-refractivity contribution in [1.29, 1.82) is 0 Å². The van der Waals surface area contributed by atoms with E-state index >= 15 is 0 Å². The normalized spacial score (nSPS) is 15.9. The quantitative estimate of drug-likeness (QED) is 0.588. The molecule has 1 aromatic rings. The molecule has 0 atom stereocenters. The summed E-state index contributed by atoms with van der Waals surface area (Å²) in [7, 11) is 1.48. The number of rotatable bonds is 4. The van der Waals surface area contributed by atoms with E-state index in [0.717, 1.165) is 18.4 Å². The second-order valence-corrected chi connectivity index (χ2v) is 5.11. The maximum atomic E-state index is 11.7. The van der Waals surface area contributed by atoms with Crippen molar-refractivity contribution in [3.05, 3.63) is 23.8 Å². The average Bonchev–Trinajstić information content (AvgIpc) is 2.50. The highest BCUT2D eigenvalue weighted by molar-refractivity contribution is 5.82. The Balaban J connectivity index is 1.82. The van der Waals surface area contributed by atoms with E-state index in [1.54, 1.807) is 12.1 Å². The van der Waals surface area contributed by atoms with Crippen LogP contribution in [0, 0.1) is 0 Å². The van der Waals surface area contributed by atoms with Gasteiger partial charge in [0, 0.05) is 6.04 Å². The molecule has 0 aliphatic heterocycles. The van der Waals surface area contributed by atoms with E-state index in [4.69, 9.17) is 4.74 Å². The Morgan fingerprint density at radius 1 is 1.38 bits per heavy atom. The van der Waals surface area contributed by atoms with Gasteiger partial charge < -0.3 is 15.2 Å². The van der Waals surface area contributed by atoms with Crippen LogP contribution in [0.4, 0.5) is 4.79 Å². The van der Waals surface area contributed by atoms with Gasteiger partial charge in [0.25, 0.3) is 0 Å². The number of carbonyl (C=O) groups excluding carboxylic acids is 1. The Bertz CT molecular complexity index is 511. The number of nitrogens with one attached hydrogen (secondary N) is 2. The molecule has 2 amide bonds. The summed E-state index contributed by atoms with van der Waals surface area (Å²) >= 11 is 0. The summed E-state index contributed by atoms with van der Waals surface area (Å²) in [6.45, 7) is 0. The van der Waals surface area contributed by atoms with Crippen LogP contribution in [0.3, 0.4) is 0 Å². The molecular formula is C15H21N3O3. The molecule has 6 heteroatoms. The fraction of sp³-hybridized carbons (Fsp3) is 0.467. The number of phenols is 1. The number of urea groups is 1. The van der Waals surface area contributed by atoms with Gasteiger partial charge >= 0.3 is 6.03 Å². The van der Waals surface area contributed by atoms with E-state index in [1.165, 1.54) is 38.7 Å². The molecule has 1 fully saturated rings. The van der Waals surface area contributed by atoms with Crippen LogP contribution in [0.25, 0.3) is 0 Å². The van der Waals surface area contributed by atoms with Gasteiger partial charge in [0.2, 0.25) is 0 Å². The Kier molecular flexibility index (Phi) is 5.43. The molecule has 1 saturated carbocycles. The summed E-state index contributed by atoms with van der Waals surface area (Å²) < 4.78 is 5.00. The van der Waals surface area contributed by atoms with Crippen molar-refractivity contribution in [2.75, 3.05) is 7.11 Å². The van der Waals surface area contributed by atoms with E-state index in [2.05, 4.69) is 15.8 Å². The Hall–Kier alpha value is -2.24. The van der Waals surface area contributed by atoms with Gasteiger partial charge in [-0.1, -0.05) is 19.3 Å². The van der Waals surface area contributed by atoms with E-state index in [1.807, 2.05) is 0 Å². The number of carbonyl (C=O) groups is 1. The SMILES string of the molecule is COc1cc(C=NNC(=O)NC2CCCCC2)ccc1O. The van der Waals surface area contributed by atoms with Gasteiger partial charge in [0.1, 0.15) is 0 Å². The maximum absolute atomic E-state index is 11.7.